The second kappa shape index (κ2) is 18.7. The van der Waals surface area contributed by atoms with Gasteiger partial charge in [-0.15, -0.1) is 17.5 Å². The average molecular weight is 683 g/mol. The Hall–Kier alpha value is -4.49. The third kappa shape index (κ3) is 11.3. The molecule has 0 saturated carbocycles. The quantitative estimate of drug-likeness (QED) is 0.313. The lowest BCUT2D eigenvalue weighted by atomic mass is 10.0. The van der Waals surface area contributed by atoms with Gasteiger partial charge in [0.1, 0.15) is 24.4 Å². The minimum atomic E-state index is -0.921. The van der Waals surface area contributed by atoms with Crippen LogP contribution in [0.1, 0.15) is 44.0 Å². The maximum atomic E-state index is 13.6. The van der Waals surface area contributed by atoms with Crippen LogP contribution in [-0.4, -0.2) is 87.9 Å². The number of hydrogen-bond donors (Lipinski definition) is 4. The number of ether oxygens (including phenoxy) is 1. The number of carbonyl (C=O) groups is 4. The van der Waals surface area contributed by atoms with Gasteiger partial charge in [0.2, 0.25) is 23.6 Å². The Morgan fingerprint density at radius 1 is 1.02 bits per heavy atom. The summed E-state index contributed by atoms with van der Waals surface area (Å²) in [4.78, 5) is 55.0. The first-order valence-electron chi connectivity index (χ1n) is 16.2. The Balaban J connectivity index is 0.00000625. The van der Waals surface area contributed by atoms with Gasteiger partial charge in [-0.05, 0) is 35.6 Å². The van der Waals surface area contributed by atoms with E-state index in [-0.39, 0.29) is 56.1 Å². The van der Waals surface area contributed by atoms with Crippen molar-refractivity contribution in [1.29, 1.82) is 0 Å². The zero-order valence-electron chi connectivity index (χ0n) is 27.8. The van der Waals surface area contributed by atoms with E-state index in [4.69, 9.17) is 10.5 Å². The summed E-state index contributed by atoms with van der Waals surface area (Å²) in [6, 6.07) is 14.1. The summed E-state index contributed by atoms with van der Waals surface area (Å²) in [7, 11) is 0. The van der Waals surface area contributed by atoms with Crippen molar-refractivity contribution in [2.24, 2.45) is 11.7 Å². The second-order valence-electron chi connectivity index (χ2n) is 12.1. The highest BCUT2D eigenvalue weighted by atomic mass is 35.5. The van der Waals surface area contributed by atoms with E-state index in [1.807, 2.05) is 75.5 Å². The van der Waals surface area contributed by atoms with Gasteiger partial charge in [0.05, 0.1) is 24.7 Å². The van der Waals surface area contributed by atoms with Crippen LogP contribution in [0, 0.1) is 5.92 Å². The van der Waals surface area contributed by atoms with Crippen LogP contribution in [0.2, 0.25) is 0 Å². The molecule has 1 aliphatic heterocycles. The highest BCUT2D eigenvalue weighted by Crippen LogP contribution is 2.15. The Morgan fingerprint density at radius 2 is 1.79 bits per heavy atom. The van der Waals surface area contributed by atoms with E-state index in [0.717, 1.165) is 11.1 Å². The molecule has 3 atom stereocenters. The number of aromatic nitrogens is 3. The van der Waals surface area contributed by atoms with Gasteiger partial charge in [0.15, 0.2) is 0 Å². The highest BCUT2D eigenvalue weighted by molar-refractivity contribution is 5.92. The fourth-order valence-corrected chi connectivity index (χ4v) is 5.26. The number of amides is 4. The number of nitrogens with one attached hydrogen (secondary N) is 3. The van der Waals surface area contributed by atoms with Crippen molar-refractivity contribution in [2.45, 2.75) is 71.1 Å². The molecule has 0 fully saturated rings. The first kappa shape index (κ1) is 38.0. The molecule has 1 aromatic heterocycles. The number of rotatable bonds is 5. The minimum Gasteiger partial charge on any atom is -0.492 e. The molecule has 4 bridgehead atoms. The molecule has 0 aliphatic carbocycles. The van der Waals surface area contributed by atoms with Crippen LogP contribution in [0.15, 0.2) is 60.8 Å². The van der Waals surface area contributed by atoms with E-state index in [1.165, 1.54) is 0 Å². The van der Waals surface area contributed by atoms with Crippen LogP contribution in [-0.2, 0) is 45.0 Å². The summed E-state index contributed by atoms with van der Waals surface area (Å²) in [5, 5.41) is 17.1. The van der Waals surface area contributed by atoms with Crippen LogP contribution in [0.25, 0.3) is 0 Å². The summed E-state index contributed by atoms with van der Waals surface area (Å²) in [6.07, 6.45) is 3.02. The SMILES string of the molecule is CC[C@H](N)C(=O)N1CCNC(=O)[C@H](Cc2ccccc2)NC(=O)C(C(C)C)NC(=O)Cc2cccc(c2)OCCn2cc(nn2)CC1.Cl. The molecule has 5 N–H and O–H groups in total. The first-order chi connectivity index (χ1) is 22.6. The average Bonchev–Trinajstić information content (AvgIpc) is 3.51. The van der Waals surface area contributed by atoms with E-state index in [0.29, 0.717) is 44.0 Å². The van der Waals surface area contributed by atoms with Gasteiger partial charge in [0.25, 0.3) is 0 Å². The number of hydrogen-bond acceptors (Lipinski definition) is 8. The minimum absolute atomic E-state index is 0. The molecule has 4 rings (SSSR count). The molecule has 48 heavy (non-hydrogen) atoms. The predicted octanol–water partition coefficient (Wildman–Crippen LogP) is 1.43. The number of fused-ring (bicyclic) bond motifs is 4. The maximum absolute atomic E-state index is 13.6. The fourth-order valence-electron chi connectivity index (χ4n) is 5.26. The van der Waals surface area contributed by atoms with Crippen LogP contribution in [0.5, 0.6) is 5.75 Å². The topological polar surface area (TPSA) is 174 Å². The highest BCUT2D eigenvalue weighted by Gasteiger charge is 2.29. The van der Waals surface area contributed by atoms with Crippen LogP contribution in [0.4, 0.5) is 0 Å². The van der Waals surface area contributed by atoms with Gasteiger partial charge in [-0.2, -0.15) is 0 Å². The summed E-state index contributed by atoms with van der Waals surface area (Å²) < 4.78 is 7.59. The van der Waals surface area contributed by atoms with E-state index < -0.39 is 29.9 Å². The Kier molecular flexibility index (Phi) is 14.8. The molecule has 0 spiro atoms. The molecule has 0 saturated heterocycles. The fraction of sp³-hybridized carbons (Fsp3) is 0.471. The summed E-state index contributed by atoms with van der Waals surface area (Å²) in [6.45, 7) is 6.99. The normalized spacial score (nSPS) is 19.2. The van der Waals surface area contributed by atoms with Crippen molar-refractivity contribution in [3.63, 3.8) is 0 Å². The summed E-state index contributed by atoms with van der Waals surface area (Å²) in [5.74, 6) is -1.06. The van der Waals surface area contributed by atoms with Crippen molar-refractivity contribution in [2.75, 3.05) is 26.2 Å². The smallest absolute Gasteiger partial charge is 0.243 e. The molecule has 1 aliphatic rings. The molecule has 0 radical (unpaired) electrons. The maximum Gasteiger partial charge on any atom is 0.243 e. The van der Waals surface area contributed by atoms with E-state index >= 15 is 0 Å². The van der Waals surface area contributed by atoms with Gasteiger partial charge in [0, 0.05) is 38.7 Å². The monoisotopic (exact) mass is 682 g/mol. The second-order valence-corrected chi connectivity index (χ2v) is 12.1. The lowest BCUT2D eigenvalue weighted by molar-refractivity contribution is -0.134. The molecule has 1 unspecified atom stereocenters. The standard InChI is InChI=1S/C34H46N8O5.ClH/c1-4-28(35)34(46)41-15-13-26-22-42(40-39-26)17-18-47-27-12-8-11-25(19-27)21-30(43)38-31(23(2)3)33(45)37-29(32(44)36-14-16-41)20-24-9-6-5-7-10-24;/h5-12,19,22-23,28-29,31H,4,13-18,20-21,35H2,1-3H3,(H,36,44)(H,37,45)(H,38,43);1H/t28-,29-,31?;/m0./s1. The van der Waals surface area contributed by atoms with E-state index in [2.05, 4.69) is 26.3 Å². The van der Waals surface area contributed by atoms with E-state index in [1.54, 1.807) is 15.6 Å². The number of benzene rings is 2. The van der Waals surface area contributed by atoms with Crippen LogP contribution in [0.3, 0.4) is 0 Å². The molecule has 13 nitrogen and oxygen atoms in total. The zero-order chi connectivity index (χ0) is 33.8. The first-order valence-corrected chi connectivity index (χ1v) is 16.2. The number of nitrogens with zero attached hydrogens (tertiary/aromatic N) is 4. The molecule has 4 amide bonds. The zero-order valence-corrected chi connectivity index (χ0v) is 28.6. The van der Waals surface area contributed by atoms with Crippen LogP contribution < -0.4 is 26.4 Å². The lowest BCUT2D eigenvalue weighted by Gasteiger charge is -2.27. The van der Waals surface area contributed by atoms with Gasteiger partial charge in [-0.3, -0.25) is 19.2 Å². The van der Waals surface area contributed by atoms with Crippen LogP contribution >= 0.6 is 12.4 Å². The summed E-state index contributed by atoms with van der Waals surface area (Å²) >= 11 is 0. The molecular weight excluding hydrogens is 636 g/mol. The molecule has 2 aromatic carbocycles. The van der Waals surface area contributed by atoms with Gasteiger partial charge < -0.3 is 31.3 Å². The molecule has 14 heteroatoms. The number of nitrogens with two attached hydrogens (primary N) is 1. The van der Waals surface area contributed by atoms with Crippen molar-refractivity contribution in [3.8, 4) is 5.75 Å². The van der Waals surface area contributed by atoms with Crippen molar-refractivity contribution in [3.05, 3.63) is 77.6 Å². The van der Waals surface area contributed by atoms with Gasteiger partial charge in [-0.25, -0.2) is 4.68 Å². The Bertz CT molecular complexity index is 1500. The third-order valence-corrected chi connectivity index (χ3v) is 8.01. The number of halogens is 1. The predicted molar refractivity (Wildman–Crippen MR) is 183 cm³/mol. The summed E-state index contributed by atoms with van der Waals surface area (Å²) in [5.41, 5.74) is 8.39. The number of carbonyl (C=O) groups excluding carboxylic acids is 4. The van der Waals surface area contributed by atoms with Crippen molar-refractivity contribution in [1.82, 2.24) is 35.8 Å². The molecule has 3 aromatic rings. The molecular formula is C34H47ClN8O5. The Labute approximate surface area is 287 Å². The lowest BCUT2D eigenvalue weighted by Crippen LogP contribution is -2.56. The van der Waals surface area contributed by atoms with Crippen molar-refractivity contribution < 1.29 is 23.9 Å². The molecule has 260 valence electrons. The van der Waals surface area contributed by atoms with Crippen molar-refractivity contribution >= 4 is 36.0 Å². The third-order valence-electron chi connectivity index (χ3n) is 8.01. The van der Waals surface area contributed by atoms with Gasteiger partial charge in [-0.1, -0.05) is 68.4 Å². The van der Waals surface area contributed by atoms with Gasteiger partial charge >= 0.3 is 0 Å². The largest absolute Gasteiger partial charge is 0.492 e. The molecule has 2 heterocycles. The Morgan fingerprint density at radius 3 is 2.52 bits per heavy atom. The van der Waals surface area contributed by atoms with E-state index in [9.17, 15) is 19.2 Å².